The minimum atomic E-state index is -0.380. The number of carbonyl (C=O) groups is 1. The Bertz CT molecular complexity index is 990. The molecule has 6 heteroatoms. The van der Waals surface area contributed by atoms with E-state index in [1.165, 1.54) is 30.5 Å². The molecule has 3 rings (SSSR count). The molecule has 0 aliphatic rings. The van der Waals surface area contributed by atoms with Gasteiger partial charge in [0.05, 0.1) is 16.0 Å². The lowest BCUT2D eigenvalue weighted by Crippen LogP contribution is -2.17. The van der Waals surface area contributed by atoms with E-state index in [1.54, 1.807) is 19.1 Å². The van der Waals surface area contributed by atoms with Gasteiger partial charge in [-0.1, -0.05) is 24.8 Å². The van der Waals surface area contributed by atoms with Crippen molar-refractivity contribution < 1.29 is 13.9 Å². The molecule has 126 valence electrons. The summed E-state index contributed by atoms with van der Waals surface area (Å²) in [4.78, 5) is 20.7. The number of nitrogens with zero attached hydrogens (tertiary/aromatic N) is 2. The maximum atomic E-state index is 13.1. The van der Waals surface area contributed by atoms with Crippen molar-refractivity contribution in [2.45, 2.75) is 6.92 Å². The number of fused-ring (bicyclic) bond motifs is 1. The van der Waals surface area contributed by atoms with E-state index >= 15 is 0 Å². The molecule has 2 aromatic carbocycles. The quantitative estimate of drug-likeness (QED) is 0.291. The molecule has 25 heavy (non-hydrogen) atoms. The fourth-order valence-electron chi connectivity index (χ4n) is 2.29. The zero-order valence-corrected chi connectivity index (χ0v) is 14.6. The molecule has 4 nitrogen and oxygen atoms in total. The second kappa shape index (κ2) is 6.94. The average Bonchev–Trinajstić information content (AvgIpc) is 3.02. The first-order valence-electron chi connectivity index (χ1n) is 7.49. The Morgan fingerprint density at radius 3 is 2.52 bits per heavy atom. The number of Topliss-reactive ketones (excluding diaryl/α,β-unsaturated/α-hetero) is 1. The van der Waals surface area contributed by atoms with E-state index in [-0.39, 0.29) is 17.5 Å². The highest BCUT2D eigenvalue weighted by atomic mass is 32.1. The van der Waals surface area contributed by atoms with E-state index < -0.39 is 0 Å². The summed E-state index contributed by atoms with van der Waals surface area (Å²) >= 11 is 1.26. The topological polar surface area (TPSA) is 51.5 Å². The first-order chi connectivity index (χ1) is 12.0. The van der Waals surface area contributed by atoms with Crippen LogP contribution in [0.25, 0.3) is 21.3 Å². The molecule has 3 aromatic rings. The number of ketones is 1. The standard InChI is InChI=1S/C19H15FN2O2S/c1-11(2)24-18(21-3)17(23)19-22-15-9-6-13(10-16(15)25-19)12-4-7-14(20)8-5-12/h4-10H,1H2,2-3H3. The number of allylic oxidation sites excluding steroid dienone is 1. The van der Waals surface area contributed by atoms with Crippen molar-refractivity contribution in [2.24, 2.45) is 4.99 Å². The second-order valence-corrected chi connectivity index (χ2v) is 6.40. The Labute approximate surface area is 148 Å². The summed E-state index contributed by atoms with van der Waals surface area (Å²) in [6, 6.07) is 11.9. The molecule has 0 atom stereocenters. The Morgan fingerprint density at radius 2 is 1.88 bits per heavy atom. The number of hydrogen-bond acceptors (Lipinski definition) is 5. The van der Waals surface area contributed by atoms with Crippen molar-refractivity contribution in [3.05, 3.63) is 65.6 Å². The molecule has 1 aromatic heterocycles. The van der Waals surface area contributed by atoms with E-state index in [2.05, 4.69) is 16.6 Å². The molecule has 0 unspecified atom stereocenters. The number of halogens is 1. The van der Waals surface area contributed by atoms with Crippen LogP contribution in [-0.2, 0) is 4.74 Å². The van der Waals surface area contributed by atoms with Crippen molar-refractivity contribution in [3.8, 4) is 11.1 Å². The van der Waals surface area contributed by atoms with Crippen LogP contribution in [0.5, 0.6) is 0 Å². The highest BCUT2D eigenvalue weighted by molar-refractivity contribution is 7.21. The van der Waals surface area contributed by atoms with Crippen LogP contribution in [0.3, 0.4) is 0 Å². The van der Waals surface area contributed by atoms with Gasteiger partial charge in [-0.05, 0) is 42.3 Å². The van der Waals surface area contributed by atoms with Gasteiger partial charge in [0.1, 0.15) is 5.82 Å². The Kier molecular flexibility index (Phi) is 4.72. The first kappa shape index (κ1) is 17.0. The SMILES string of the molecule is C=C(C)OC(=NC)C(=O)c1nc2ccc(-c3ccc(F)cc3)cc2s1. The number of ether oxygens (including phenoxy) is 1. The molecule has 1 heterocycles. The van der Waals surface area contributed by atoms with Crippen molar-refractivity contribution in [1.82, 2.24) is 4.98 Å². The van der Waals surface area contributed by atoms with Crippen molar-refractivity contribution in [2.75, 3.05) is 7.05 Å². The van der Waals surface area contributed by atoms with Crippen LogP contribution in [0, 0.1) is 5.82 Å². The zero-order chi connectivity index (χ0) is 18.0. The lowest BCUT2D eigenvalue weighted by atomic mass is 10.1. The number of aromatic nitrogens is 1. The van der Waals surface area contributed by atoms with Gasteiger partial charge >= 0.3 is 0 Å². The maximum absolute atomic E-state index is 13.1. The fraction of sp³-hybridized carbons (Fsp3) is 0.105. The van der Waals surface area contributed by atoms with E-state index in [1.807, 2.05) is 18.2 Å². The van der Waals surface area contributed by atoms with Crippen LogP contribution in [0.4, 0.5) is 4.39 Å². The number of aliphatic imine (C=N–C) groups is 1. The van der Waals surface area contributed by atoms with Crippen LogP contribution in [-0.4, -0.2) is 23.7 Å². The van der Waals surface area contributed by atoms with Crippen molar-refractivity contribution >= 4 is 33.2 Å². The van der Waals surface area contributed by atoms with Crippen LogP contribution in [0.15, 0.2) is 59.8 Å². The molecule has 0 bridgehead atoms. The normalized spacial score (nSPS) is 11.6. The summed E-state index contributed by atoms with van der Waals surface area (Å²) in [6.45, 7) is 5.26. The van der Waals surface area contributed by atoms with Gasteiger partial charge < -0.3 is 4.74 Å². The molecule has 0 amide bonds. The summed E-state index contributed by atoms with van der Waals surface area (Å²) in [5, 5.41) is 0.299. The maximum Gasteiger partial charge on any atom is 0.276 e. The molecule has 0 radical (unpaired) electrons. The molecule has 0 aliphatic heterocycles. The Morgan fingerprint density at radius 1 is 1.20 bits per heavy atom. The highest BCUT2D eigenvalue weighted by Crippen LogP contribution is 2.29. The molecule has 0 spiro atoms. The summed E-state index contributed by atoms with van der Waals surface area (Å²) in [5.74, 6) is -0.312. The minimum Gasteiger partial charge on any atom is -0.441 e. The van der Waals surface area contributed by atoms with Crippen LogP contribution in [0.1, 0.15) is 16.7 Å². The molecule has 0 saturated heterocycles. The van der Waals surface area contributed by atoms with E-state index in [9.17, 15) is 9.18 Å². The summed E-state index contributed by atoms with van der Waals surface area (Å²) in [6.07, 6.45) is 0. The van der Waals surface area contributed by atoms with Gasteiger partial charge in [-0.25, -0.2) is 9.37 Å². The summed E-state index contributed by atoms with van der Waals surface area (Å²) in [7, 11) is 1.48. The number of benzene rings is 2. The molecule has 0 saturated carbocycles. The molecule has 0 aliphatic carbocycles. The van der Waals surface area contributed by atoms with Crippen molar-refractivity contribution in [1.29, 1.82) is 0 Å². The first-order valence-corrected chi connectivity index (χ1v) is 8.31. The van der Waals surface area contributed by atoms with Gasteiger partial charge in [0.2, 0.25) is 0 Å². The largest absolute Gasteiger partial charge is 0.441 e. The lowest BCUT2D eigenvalue weighted by Gasteiger charge is -2.03. The van der Waals surface area contributed by atoms with Gasteiger partial charge in [0.25, 0.3) is 11.7 Å². The third-order valence-corrected chi connectivity index (χ3v) is 4.45. The highest BCUT2D eigenvalue weighted by Gasteiger charge is 2.20. The number of thiazole rings is 1. The third-order valence-electron chi connectivity index (χ3n) is 3.43. The van der Waals surface area contributed by atoms with E-state index in [0.717, 1.165) is 15.8 Å². The van der Waals surface area contributed by atoms with Crippen molar-refractivity contribution in [3.63, 3.8) is 0 Å². The lowest BCUT2D eigenvalue weighted by molar-refractivity contribution is 0.104. The van der Waals surface area contributed by atoms with Crippen LogP contribution < -0.4 is 0 Å². The average molecular weight is 354 g/mol. The summed E-state index contributed by atoms with van der Waals surface area (Å²) < 4.78 is 19.2. The van der Waals surface area contributed by atoms with Crippen LogP contribution in [0.2, 0.25) is 0 Å². The van der Waals surface area contributed by atoms with Gasteiger partial charge in [0, 0.05) is 7.05 Å². The smallest absolute Gasteiger partial charge is 0.276 e. The number of rotatable bonds is 4. The van der Waals surface area contributed by atoms with E-state index in [0.29, 0.717) is 16.3 Å². The van der Waals surface area contributed by atoms with Gasteiger partial charge in [-0.3, -0.25) is 9.79 Å². The molecular weight excluding hydrogens is 339 g/mol. The fourth-order valence-corrected chi connectivity index (χ4v) is 3.23. The molecular formula is C19H15FN2O2S. The van der Waals surface area contributed by atoms with Gasteiger partial charge in [0.15, 0.2) is 5.01 Å². The molecule has 0 N–H and O–H groups in total. The zero-order valence-electron chi connectivity index (χ0n) is 13.7. The van der Waals surface area contributed by atoms with E-state index in [4.69, 9.17) is 4.74 Å². The van der Waals surface area contributed by atoms with Gasteiger partial charge in [-0.15, -0.1) is 11.3 Å². The third kappa shape index (κ3) is 3.64. The predicted octanol–water partition coefficient (Wildman–Crippen LogP) is 4.86. The number of carbonyl (C=O) groups excluding carboxylic acids is 1. The monoisotopic (exact) mass is 354 g/mol. The summed E-state index contributed by atoms with van der Waals surface area (Å²) in [5.41, 5.74) is 2.54. The van der Waals surface area contributed by atoms with Crippen LogP contribution >= 0.6 is 11.3 Å². The Hall–Kier alpha value is -2.86. The minimum absolute atomic E-state index is 0.0367. The second-order valence-electron chi connectivity index (χ2n) is 5.37. The molecule has 0 fully saturated rings. The Balaban J connectivity index is 1.96. The predicted molar refractivity (Wildman–Crippen MR) is 98.6 cm³/mol. The van der Waals surface area contributed by atoms with Gasteiger partial charge in [-0.2, -0.15) is 0 Å². The number of hydrogen-bond donors (Lipinski definition) is 0.